The van der Waals surface area contributed by atoms with E-state index in [4.69, 9.17) is 0 Å². The summed E-state index contributed by atoms with van der Waals surface area (Å²) in [5.41, 5.74) is 2.23. The molecule has 4 heteroatoms. The van der Waals surface area contributed by atoms with Gasteiger partial charge in [-0.25, -0.2) is 0 Å². The summed E-state index contributed by atoms with van der Waals surface area (Å²) in [5, 5.41) is 13.9. The highest BCUT2D eigenvalue weighted by atomic mass is 16.3. The number of nitrogens with zero attached hydrogens (tertiary/aromatic N) is 1. The highest BCUT2D eigenvalue weighted by molar-refractivity contribution is 5.85. The largest absolute Gasteiger partial charge is 0.391 e. The number of nitrogens with one attached hydrogen (secondary N) is 1. The van der Waals surface area contributed by atoms with E-state index in [2.05, 4.69) is 12.2 Å². The fourth-order valence-electron chi connectivity index (χ4n) is 3.43. The number of hydrogen-bond donors (Lipinski definition) is 2. The summed E-state index contributed by atoms with van der Waals surface area (Å²) < 4.78 is 0. The molecule has 4 nitrogen and oxygen atoms in total. The molecule has 1 aliphatic heterocycles. The smallest absolute Gasteiger partial charge is 0.244 e. The molecule has 0 spiro atoms. The van der Waals surface area contributed by atoms with Gasteiger partial charge in [-0.2, -0.15) is 0 Å². The van der Waals surface area contributed by atoms with Crippen molar-refractivity contribution < 1.29 is 9.90 Å². The van der Waals surface area contributed by atoms with Crippen LogP contribution in [0.25, 0.3) is 0 Å². The Hall–Kier alpha value is -2.17. The number of benzene rings is 2. The first kappa shape index (κ1) is 18.6. The van der Waals surface area contributed by atoms with E-state index in [1.165, 1.54) is 0 Å². The van der Waals surface area contributed by atoms with Crippen molar-refractivity contribution in [2.75, 3.05) is 0 Å². The van der Waals surface area contributed by atoms with Crippen LogP contribution in [-0.2, 0) is 17.8 Å². The van der Waals surface area contributed by atoms with Gasteiger partial charge in [-0.15, -0.1) is 0 Å². The maximum Gasteiger partial charge on any atom is 0.244 e. The summed E-state index contributed by atoms with van der Waals surface area (Å²) in [6.07, 6.45) is 3.48. The van der Waals surface area contributed by atoms with Crippen molar-refractivity contribution >= 4 is 5.91 Å². The number of hydrogen-bond acceptors (Lipinski definition) is 3. The maximum absolute atomic E-state index is 12.9. The standard InChI is InChI=1S/C22H27N2O2/c1-2-9-20-23-21(19(25)15-14-17-10-5-3-6-11-17)22(26)24(20)16-18-12-7-4-8-13-18/h3-8,10-13,15,19-21,23,25H,2,9,14,16H2,1H3/t19-,20?,21+/m1/s1. The predicted molar refractivity (Wildman–Crippen MR) is 103 cm³/mol. The maximum atomic E-state index is 12.9. The summed E-state index contributed by atoms with van der Waals surface area (Å²) >= 11 is 0. The Morgan fingerprint density at radius 3 is 2.31 bits per heavy atom. The number of carbonyl (C=O) groups is 1. The Balaban J connectivity index is 1.65. The minimum Gasteiger partial charge on any atom is -0.391 e. The lowest BCUT2D eigenvalue weighted by Gasteiger charge is -2.24. The molecule has 3 rings (SSSR count). The van der Waals surface area contributed by atoms with E-state index in [1.807, 2.05) is 72.0 Å². The van der Waals surface area contributed by atoms with E-state index in [-0.39, 0.29) is 12.1 Å². The summed E-state index contributed by atoms with van der Waals surface area (Å²) in [6.45, 7) is 2.68. The lowest BCUT2D eigenvalue weighted by atomic mass is 10.0. The predicted octanol–water partition coefficient (Wildman–Crippen LogP) is 2.92. The molecule has 0 bridgehead atoms. The number of rotatable bonds is 8. The Morgan fingerprint density at radius 2 is 1.69 bits per heavy atom. The second-order valence-corrected chi connectivity index (χ2v) is 6.82. The molecule has 3 atom stereocenters. The lowest BCUT2D eigenvalue weighted by molar-refractivity contribution is -0.132. The van der Waals surface area contributed by atoms with E-state index in [0.717, 1.165) is 24.0 Å². The minimum absolute atomic E-state index is 0.0240. The molecule has 26 heavy (non-hydrogen) atoms. The van der Waals surface area contributed by atoms with E-state index in [1.54, 1.807) is 0 Å². The average molecular weight is 351 g/mol. The van der Waals surface area contributed by atoms with Crippen LogP contribution in [-0.4, -0.2) is 34.2 Å². The Labute approximate surface area is 155 Å². The van der Waals surface area contributed by atoms with Crippen molar-refractivity contribution in [3.05, 3.63) is 78.2 Å². The van der Waals surface area contributed by atoms with Crippen LogP contribution in [0.4, 0.5) is 0 Å². The van der Waals surface area contributed by atoms with Crippen LogP contribution in [0.2, 0.25) is 0 Å². The minimum atomic E-state index is -0.803. The van der Waals surface area contributed by atoms with Crippen LogP contribution in [0.1, 0.15) is 30.9 Å². The van der Waals surface area contributed by atoms with Crippen molar-refractivity contribution in [2.45, 2.75) is 51.0 Å². The summed E-state index contributed by atoms with van der Waals surface area (Å²) in [6, 6.07) is 19.4. The number of aliphatic hydroxyl groups is 1. The van der Waals surface area contributed by atoms with Gasteiger partial charge in [0.05, 0.1) is 12.3 Å². The van der Waals surface area contributed by atoms with Gasteiger partial charge in [0.15, 0.2) is 0 Å². The summed E-state index contributed by atoms with van der Waals surface area (Å²) in [7, 11) is 0. The van der Waals surface area contributed by atoms with E-state index in [9.17, 15) is 9.90 Å². The molecular formula is C22H27N2O2. The van der Waals surface area contributed by atoms with Crippen molar-refractivity contribution in [3.63, 3.8) is 0 Å². The molecule has 1 unspecified atom stereocenters. The van der Waals surface area contributed by atoms with Gasteiger partial charge >= 0.3 is 0 Å². The summed E-state index contributed by atoms with van der Waals surface area (Å²) in [5.74, 6) is -0.0240. The molecule has 2 N–H and O–H groups in total. The molecule has 1 radical (unpaired) electrons. The number of carbonyl (C=O) groups excluding carboxylic acids is 1. The topological polar surface area (TPSA) is 52.6 Å². The number of aliphatic hydroxyl groups excluding tert-OH is 1. The van der Waals surface area contributed by atoms with E-state index >= 15 is 0 Å². The Kier molecular flexibility index (Phi) is 6.42. The van der Waals surface area contributed by atoms with Crippen LogP contribution in [0, 0.1) is 6.42 Å². The molecule has 0 aromatic heterocycles. The monoisotopic (exact) mass is 351 g/mol. The van der Waals surface area contributed by atoms with Crippen LogP contribution in [0.15, 0.2) is 60.7 Å². The fourth-order valence-corrected chi connectivity index (χ4v) is 3.43. The zero-order chi connectivity index (χ0) is 18.4. The molecule has 0 saturated carbocycles. The number of amides is 1. The highest BCUT2D eigenvalue weighted by Crippen LogP contribution is 2.21. The first-order valence-corrected chi connectivity index (χ1v) is 9.35. The van der Waals surface area contributed by atoms with Crippen molar-refractivity contribution in [3.8, 4) is 0 Å². The molecule has 2 aromatic carbocycles. The zero-order valence-electron chi connectivity index (χ0n) is 15.2. The van der Waals surface area contributed by atoms with Gasteiger partial charge in [-0.1, -0.05) is 74.0 Å². The SMILES string of the molecule is CCCC1N[C@@H]([C@H](O)[CH]Cc2ccccc2)C(=O)N1Cc1ccccc1. The van der Waals surface area contributed by atoms with Gasteiger partial charge in [0.1, 0.15) is 6.04 Å². The summed E-state index contributed by atoms with van der Waals surface area (Å²) in [4.78, 5) is 14.8. The van der Waals surface area contributed by atoms with Gasteiger partial charge < -0.3 is 10.0 Å². The Morgan fingerprint density at radius 1 is 1.08 bits per heavy atom. The van der Waals surface area contributed by atoms with Crippen molar-refractivity contribution in [1.82, 2.24) is 10.2 Å². The first-order valence-electron chi connectivity index (χ1n) is 9.35. The lowest BCUT2D eigenvalue weighted by Crippen LogP contribution is -2.42. The second-order valence-electron chi connectivity index (χ2n) is 6.82. The third-order valence-corrected chi connectivity index (χ3v) is 4.83. The zero-order valence-corrected chi connectivity index (χ0v) is 15.2. The van der Waals surface area contributed by atoms with Crippen molar-refractivity contribution in [1.29, 1.82) is 0 Å². The van der Waals surface area contributed by atoms with Crippen molar-refractivity contribution in [2.24, 2.45) is 0 Å². The molecule has 1 aliphatic rings. The van der Waals surface area contributed by atoms with Gasteiger partial charge in [-0.3, -0.25) is 10.1 Å². The molecule has 2 aromatic rings. The average Bonchev–Trinajstić information content (AvgIpc) is 2.98. The highest BCUT2D eigenvalue weighted by Gasteiger charge is 2.41. The fraction of sp³-hybridized carbons (Fsp3) is 0.364. The van der Waals surface area contributed by atoms with Gasteiger partial charge in [0.2, 0.25) is 5.91 Å². The molecular weight excluding hydrogens is 324 g/mol. The molecule has 1 amide bonds. The molecule has 1 heterocycles. The first-order chi connectivity index (χ1) is 12.7. The molecule has 1 saturated heterocycles. The quantitative estimate of drug-likeness (QED) is 0.769. The normalized spacial score (nSPS) is 21.2. The van der Waals surface area contributed by atoms with Crippen LogP contribution < -0.4 is 5.32 Å². The molecule has 0 aliphatic carbocycles. The van der Waals surface area contributed by atoms with Gasteiger partial charge in [0, 0.05) is 6.54 Å². The molecule has 1 fully saturated rings. The van der Waals surface area contributed by atoms with E-state index < -0.39 is 12.1 Å². The second kappa shape index (κ2) is 8.97. The third-order valence-electron chi connectivity index (χ3n) is 4.83. The Bertz CT molecular complexity index is 690. The molecule has 137 valence electrons. The van der Waals surface area contributed by atoms with Gasteiger partial charge in [-0.05, 0) is 30.4 Å². The van der Waals surface area contributed by atoms with Crippen LogP contribution >= 0.6 is 0 Å². The third kappa shape index (κ3) is 4.51. The van der Waals surface area contributed by atoms with E-state index in [0.29, 0.717) is 13.0 Å². The van der Waals surface area contributed by atoms with Gasteiger partial charge in [0.25, 0.3) is 0 Å². The van der Waals surface area contributed by atoms with Crippen LogP contribution in [0.5, 0.6) is 0 Å². The van der Waals surface area contributed by atoms with Crippen LogP contribution in [0.3, 0.4) is 0 Å².